The number of hydrogen-bond acceptors (Lipinski definition) is 11. The number of aliphatic hydroxyl groups excluding tert-OH is 1. The molecule has 0 bridgehead atoms. The number of nitrogens with zero attached hydrogens (tertiary/aromatic N) is 4. The molecule has 306 valence electrons. The van der Waals surface area contributed by atoms with Gasteiger partial charge < -0.3 is 48.2 Å². The van der Waals surface area contributed by atoms with Crippen molar-refractivity contribution in [1.82, 2.24) is 9.80 Å². The summed E-state index contributed by atoms with van der Waals surface area (Å²) < 4.78 is 34.4. The SMILES string of the molecule is COc1ccc(C2=CN3C(=O)c4cc(OC)c(OCCCOc5cc6c(cc5OC)C(=O)N5C=C(c7ccc(OC)cc7)C[C@H]5C(O)N6C(C)C)cc4N=C[C@@H]3C2)cc1. The van der Waals surface area contributed by atoms with E-state index in [0.29, 0.717) is 64.8 Å². The monoisotopic (exact) mass is 800 g/mol. The molecule has 1 unspecified atom stereocenters. The topological polar surface area (TPSA) is 132 Å². The van der Waals surface area contributed by atoms with E-state index in [-0.39, 0.29) is 37.1 Å². The Labute approximate surface area is 343 Å². The third-order valence-electron chi connectivity index (χ3n) is 11.2. The van der Waals surface area contributed by atoms with Crippen LogP contribution in [0.15, 0.2) is 90.2 Å². The van der Waals surface area contributed by atoms with Crippen LogP contribution in [0.2, 0.25) is 0 Å². The number of carbonyl (C=O) groups excluding carboxylic acids is 2. The van der Waals surface area contributed by atoms with Gasteiger partial charge in [0.25, 0.3) is 11.8 Å². The van der Waals surface area contributed by atoms with Gasteiger partial charge in [-0.25, -0.2) is 0 Å². The van der Waals surface area contributed by atoms with Crippen molar-refractivity contribution >= 4 is 40.5 Å². The van der Waals surface area contributed by atoms with E-state index in [0.717, 1.165) is 33.8 Å². The molecule has 4 aliphatic rings. The number of amides is 2. The summed E-state index contributed by atoms with van der Waals surface area (Å²) in [7, 11) is 6.33. The predicted molar refractivity (Wildman–Crippen MR) is 224 cm³/mol. The fraction of sp³-hybridized carbons (Fsp3) is 0.326. The Morgan fingerprint density at radius 2 is 1.22 bits per heavy atom. The highest BCUT2D eigenvalue weighted by atomic mass is 16.5. The lowest BCUT2D eigenvalue weighted by Gasteiger charge is -2.37. The maximum absolute atomic E-state index is 14.2. The molecule has 1 N–H and O–H groups in total. The van der Waals surface area contributed by atoms with Crippen LogP contribution in [0.3, 0.4) is 0 Å². The zero-order valence-corrected chi connectivity index (χ0v) is 34.0. The minimum atomic E-state index is -0.984. The molecular weight excluding hydrogens is 753 g/mol. The minimum Gasteiger partial charge on any atom is -0.497 e. The van der Waals surface area contributed by atoms with E-state index < -0.39 is 12.3 Å². The quantitative estimate of drug-likeness (QED) is 0.137. The molecule has 4 aromatic rings. The second kappa shape index (κ2) is 16.4. The Morgan fingerprint density at radius 3 is 1.80 bits per heavy atom. The first-order valence-electron chi connectivity index (χ1n) is 19.7. The molecule has 0 radical (unpaired) electrons. The van der Waals surface area contributed by atoms with Gasteiger partial charge in [0, 0.05) is 49.6 Å². The summed E-state index contributed by atoms with van der Waals surface area (Å²) in [6.07, 6.45) is 6.17. The van der Waals surface area contributed by atoms with Crippen LogP contribution in [0, 0.1) is 0 Å². The van der Waals surface area contributed by atoms with Gasteiger partial charge >= 0.3 is 0 Å². The largest absolute Gasteiger partial charge is 0.497 e. The van der Waals surface area contributed by atoms with E-state index in [1.807, 2.05) is 85.9 Å². The molecule has 0 aliphatic carbocycles. The van der Waals surface area contributed by atoms with Crippen LogP contribution in [-0.4, -0.2) is 98.9 Å². The Hall–Kier alpha value is -6.47. The molecular formula is C46H48N4O9. The number of rotatable bonds is 13. The number of fused-ring (bicyclic) bond motifs is 4. The standard InChI is InChI=1S/C46H48N4O9/c1-27(2)50-38-23-43(41(57-6)21-36(38)45(52)49-26-31(19-39(49)46(50)53)29-10-14-34(55-4)15-11-29)59-17-7-16-58-42-22-37-35(20-40(42)56-5)44(51)48-25-30(18-32(48)24-47-37)28-8-12-33(54-3)13-9-28/h8-15,20-27,32,39,46,53H,7,16-19H2,1-6H3/t32-,39-,46?/m0/s1. The van der Waals surface area contributed by atoms with Crippen LogP contribution in [0.1, 0.15) is 65.0 Å². The lowest BCUT2D eigenvalue weighted by Crippen LogP contribution is -2.50. The number of anilines is 1. The van der Waals surface area contributed by atoms with Crippen LogP contribution in [0.5, 0.6) is 34.5 Å². The molecule has 4 heterocycles. The summed E-state index contributed by atoms with van der Waals surface area (Å²) >= 11 is 0. The molecule has 0 saturated heterocycles. The van der Waals surface area contributed by atoms with Gasteiger partial charge in [0.1, 0.15) is 17.7 Å². The molecule has 4 aromatic carbocycles. The fourth-order valence-corrected chi connectivity index (χ4v) is 8.15. The lowest BCUT2D eigenvalue weighted by molar-refractivity contribution is 0.0563. The summed E-state index contributed by atoms with van der Waals surface area (Å²) in [5.41, 5.74) is 5.88. The van der Waals surface area contributed by atoms with Crippen LogP contribution >= 0.6 is 0 Å². The number of methoxy groups -OCH3 is 4. The molecule has 0 saturated carbocycles. The maximum atomic E-state index is 14.2. The molecule has 0 aromatic heterocycles. The zero-order chi connectivity index (χ0) is 41.4. The van der Waals surface area contributed by atoms with Gasteiger partial charge in [-0.1, -0.05) is 24.3 Å². The van der Waals surface area contributed by atoms with Crippen molar-refractivity contribution in [2.75, 3.05) is 46.6 Å². The summed E-state index contributed by atoms with van der Waals surface area (Å²) in [4.78, 5) is 38.0. The normalized spacial score (nSPS) is 19.3. The number of carbonyl (C=O) groups is 2. The Bertz CT molecular complexity index is 2340. The first kappa shape index (κ1) is 39.4. The van der Waals surface area contributed by atoms with Gasteiger partial charge in [-0.05, 0) is 78.9 Å². The first-order valence-corrected chi connectivity index (χ1v) is 19.7. The van der Waals surface area contributed by atoms with Crippen molar-refractivity contribution in [3.63, 3.8) is 0 Å². The van der Waals surface area contributed by atoms with Gasteiger partial charge in [-0.15, -0.1) is 0 Å². The van der Waals surface area contributed by atoms with Crippen LogP contribution < -0.4 is 33.3 Å². The Balaban J connectivity index is 0.950. The number of aliphatic imine (C=N–C) groups is 1. The van der Waals surface area contributed by atoms with E-state index in [9.17, 15) is 14.7 Å². The van der Waals surface area contributed by atoms with Crippen molar-refractivity contribution in [1.29, 1.82) is 0 Å². The van der Waals surface area contributed by atoms with E-state index in [4.69, 9.17) is 33.4 Å². The summed E-state index contributed by atoms with van der Waals surface area (Å²) in [5, 5.41) is 11.9. The number of benzene rings is 4. The molecule has 59 heavy (non-hydrogen) atoms. The summed E-state index contributed by atoms with van der Waals surface area (Å²) in [6.45, 7) is 4.51. The maximum Gasteiger partial charge on any atom is 0.260 e. The summed E-state index contributed by atoms with van der Waals surface area (Å²) in [6, 6.07) is 21.5. The molecule has 13 nitrogen and oxygen atoms in total. The number of aliphatic hydroxyl groups is 1. The first-order chi connectivity index (χ1) is 28.6. The van der Waals surface area contributed by atoms with E-state index >= 15 is 0 Å². The molecule has 3 atom stereocenters. The van der Waals surface area contributed by atoms with Crippen molar-refractivity contribution in [3.05, 3.63) is 107 Å². The molecule has 4 aliphatic heterocycles. The Morgan fingerprint density at radius 1 is 0.678 bits per heavy atom. The second-order valence-corrected chi connectivity index (χ2v) is 15.0. The number of ether oxygens (including phenoxy) is 6. The average molecular weight is 801 g/mol. The highest BCUT2D eigenvalue weighted by Crippen LogP contribution is 2.44. The van der Waals surface area contributed by atoms with Crippen LogP contribution in [0.25, 0.3) is 11.1 Å². The predicted octanol–water partition coefficient (Wildman–Crippen LogP) is 7.34. The van der Waals surface area contributed by atoms with E-state index in [2.05, 4.69) is 0 Å². The molecule has 0 fully saturated rings. The zero-order valence-electron chi connectivity index (χ0n) is 34.0. The molecule has 13 heteroatoms. The van der Waals surface area contributed by atoms with Crippen molar-refractivity contribution in [2.45, 2.75) is 57.5 Å². The third-order valence-corrected chi connectivity index (χ3v) is 11.2. The van der Waals surface area contributed by atoms with E-state index in [1.54, 1.807) is 48.3 Å². The number of hydrogen-bond donors (Lipinski definition) is 1. The van der Waals surface area contributed by atoms with Crippen molar-refractivity contribution in [3.8, 4) is 34.5 Å². The van der Waals surface area contributed by atoms with Gasteiger partial charge in [0.05, 0.1) is 76.2 Å². The summed E-state index contributed by atoms with van der Waals surface area (Å²) in [5.74, 6) is 2.83. The second-order valence-electron chi connectivity index (χ2n) is 15.0. The van der Waals surface area contributed by atoms with Crippen molar-refractivity contribution < 1.29 is 43.1 Å². The third kappa shape index (κ3) is 7.42. The van der Waals surface area contributed by atoms with Crippen molar-refractivity contribution in [2.24, 2.45) is 4.99 Å². The van der Waals surface area contributed by atoms with Gasteiger partial charge in [-0.3, -0.25) is 14.6 Å². The average Bonchev–Trinajstić information content (AvgIpc) is 3.86. The highest BCUT2D eigenvalue weighted by Gasteiger charge is 2.44. The van der Waals surface area contributed by atoms with Crippen LogP contribution in [-0.2, 0) is 0 Å². The molecule has 2 amide bonds. The minimum absolute atomic E-state index is 0.142. The smallest absolute Gasteiger partial charge is 0.260 e. The van der Waals surface area contributed by atoms with Gasteiger partial charge in [0.15, 0.2) is 23.0 Å². The van der Waals surface area contributed by atoms with Gasteiger partial charge in [-0.2, -0.15) is 0 Å². The lowest BCUT2D eigenvalue weighted by atomic mass is 10.0. The molecule has 8 rings (SSSR count). The highest BCUT2D eigenvalue weighted by molar-refractivity contribution is 6.06. The fourth-order valence-electron chi connectivity index (χ4n) is 8.15. The van der Waals surface area contributed by atoms with Crippen LogP contribution in [0.4, 0.5) is 11.4 Å². The molecule has 0 spiro atoms. The van der Waals surface area contributed by atoms with Gasteiger partial charge in [0.2, 0.25) is 0 Å². The van der Waals surface area contributed by atoms with E-state index in [1.165, 1.54) is 14.2 Å². The Kier molecular flexibility index (Phi) is 11.0.